The molecule has 0 fully saturated rings. The van der Waals surface area contributed by atoms with Crippen LogP contribution in [0.5, 0.6) is 0 Å². The maximum absolute atomic E-state index is 11.0. The van der Waals surface area contributed by atoms with Gasteiger partial charge in [-0.1, -0.05) is 29.3 Å². The molecular weight excluding hydrogens is 367 g/mol. The number of nitro groups is 1. The summed E-state index contributed by atoms with van der Waals surface area (Å²) >= 11 is 15.1. The van der Waals surface area contributed by atoms with Crippen molar-refractivity contribution in [2.45, 2.75) is 6.54 Å². The summed E-state index contributed by atoms with van der Waals surface area (Å²) in [5.41, 5.74) is 1.30. The van der Waals surface area contributed by atoms with E-state index in [0.29, 0.717) is 22.2 Å². The summed E-state index contributed by atoms with van der Waals surface area (Å²) < 4.78 is 0.721. The first-order valence-electron chi connectivity index (χ1n) is 5.59. The summed E-state index contributed by atoms with van der Waals surface area (Å²) in [5.74, 6) is 0. The van der Waals surface area contributed by atoms with Gasteiger partial charge in [0.25, 0.3) is 5.69 Å². The summed E-state index contributed by atoms with van der Waals surface area (Å²) in [6.07, 6.45) is 0. The summed E-state index contributed by atoms with van der Waals surface area (Å²) in [6, 6.07) is 9.97. The van der Waals surface area contributed by atoms with Crippen LogP contribution in [0, 0.1) is 10.1 Å². The summed E-state index contributed by atoms with van der Waals surface area (Å²) in [7, 11) is 0. The van der Waals surface area contributed by atoms with Crippen LogP contribution in [0.4, 0.5) is 11.4 Å². The third-order valence-corrected chi connectivity index (χ3v) is 4.30. The average Bonchev–Trinajstić information content (AvgIpc) is 2.41. The van der Waals surface area contributed by atoms with Crippen molar-refractivity contribution in [3.8, 4) is 0 Å². The van der Waals surface area contributed by atoms with Crippen LogP contribution in [0.15, 0.2) is 40.9 Å². The molecule has 2 aromatic rings. The highest BCUT2D eigenvalue weighted by Gasteiger charge is 2.14. The van der Waals surface area contributed by atoms with Crippen LogP contribution in [-0.4, -0.2) is 4.92 Å². The molecule has 0 saturated carbocycles. The Morgan fingerprint density at radius 1 is 1.25 bits per heavy atom. The van der Waals surface area contributed by atoms with Gasteiger partial charge in [-0.2, -0.15) is 0 Å². The fraction of sp³-hybridized carbons (Fsp3) is 0.0769. The Balaban J connectivity index is 2.23. The lowest BCUT2D eigenvalue weighted by atomic mass is 10.1. The smallest absolute Gasteiger partial charge is 0.275 e. The van der Waals surface area contributed by atoms with E-state index in [2.05, 4.69) is 21.2 Å². The Morgan fingerprint density at radius 3 is 2.70 bits per heavy atom. The number of nitro benzene ring substituents is 1. The monoisotopic (exact) mass is 374 g/mol. The fourth-order valence-corrected chi connectivity index (χ4v) is 2.43. The number of nitrogens with zero attached hydrogens (tertiary/aromatic N) is 1. The van der Waals surface area contributed by atoms with Crippen LogP contribution in [0.25, 0.3) is 0 Å². The number of hydrogen-bond donors (Lipinski definition) is 1. The lowest BCUT2D eigenvalue weighted by Crippen LogP contribution is -2.03. The van der Waals surface area contributed by atoms with Crippen molar-refractivity contribution < 1.29 is 4.92 Å². The van der Waals surface area contributed by atoms with E-state index in [0.717, 1.165) is 10.2 Å². The van der Waals surface area contributed by atoms with Gasteiger partial charge in [0, 0.05) is 23.2 Å². The van der Waals surface area contributed by atoms with E-state index < -0.39 is 4.92 Å². The van der Waals surface area contributed by atoms with Crippen LogP contribution in [0.1, 0.15) is 5.56 Å². The zero-order valence-electron chi connectivity index (χ0n) is 10.1. The quantitative estimate of drug-likeness (QED) is 0.584. The van der Waals surface area contributed by atoms with E-state index in [4.69, 9.17) is 23.2 Å². The second-order valence-corrected chi connectivity index (χ2v) is 5.62. The lowest BCUT2D eigenvalue weighted by Gasteiger charge is -2.10. The highest BCUT2D eigenvalue weighted by Crippen LogP contribution is 2.31. The van der Waals surface area contributed by atoms with Crippen molar-refractivity contribution in [3.63, 3.8) is 0 Å². The predicted molar refractivity (Wildman–Crippen MR) is 84.6 cm³/mol. The highest BCUT2D eigenvalue weighted by molar-refractivity contribution is 9.10. The minimum Gasteiger partial charge on any atom is -0.380 e. The molecule has 0 aliphatic carbocycles. The van der Waals surface area contributed by atoms with E-state index in [1.807, 2.05) is 6.07 Å². The molecule has 0 unspecified atom stereocenters. The van der Waals surface area contributed by atoms with Crippen molar-refractivity contribution >= 4 is 50.5 Å². The maximum atomic E-state index is 11.0. The topological polar surface area (TPSA) is 55.2 Å². The second-order valence-electron chi connectivity index (χ2n) is 3.99. The van der Waals surface area contributed by atoms with Crippen molar-refractivity contribution in [1.82, 2.24) is 0 Å². The van der Waals surface area contributed by atoms with Gasteiger partial charge in [0.2, 0.25) is 0 Å². The predicted octanol–water partition coefficient (Wildman–Crippen LogP) is 5.28. The lowest BCUT2D eigenvalue weighted by molar-refractivity contribution is -0.385. The number of benzene rings is 2. The van der Waals surface area contributed by atoms with Crippen LogP contribution in [0.2, 0.25) is 10.0 Å². The molecule has 20 heavy (non-hydrogen) atoms. The van der Waals surface area contributed by atoms with Crippen LogP contribution in [-0.2, 0) is 6.54 Å². The van der Waals surface area contributed by atoms with Crippen LogP contribution >= 0.6 is 39.1 Å². The van der Waals surface area contributed by atoms with Gasteiger partial charge in [-0.15, -0.1) is 0 Å². The molecule has 104 valence electrons. The molecule has 0 bridgehead atoms. The van der Waals surface area contributed by atoms with Gasteiger partial charge in [-0.3, -0.25) is 10.1 Å². The SMILES string of the molecule is O=[N+]([O-])c1cc(Cl)ccc1CNc1cccc(Cl)c1Br. The first-order chi connectivity index (χ1) is 9.49. The Bertz CT molecular complexity index is 665. The number of halogens is 3. The highest BCUT2D eigenvalue weighted by atomic mass is 79.9. The summed E-state index contributed by atoms with van der Waals surface area (Å²) in [4.78, 5) is 10.5. The van der Waals surface area contributed by atoms with Crippen LogP contribution < -0.4 is 5.32 Å². The number of nitrogens with one attached hydrogen (secondary N) is 1. The first kappa shape index (κ1) is 15.1. The van der Waals surface area contributed by atoms with Gasteiger partial charge in [0.1, 0.15) is 0 Å². The van der Waals surface area contributed by atoms with Crippen molar-refractivity contribution in [2.24, 2.45) is 0 Å². The first-order valence-corrected chi connectivity index (χ1v) is 7.14. The molecule has 0 spiro atoms. The Kier molecular flexibility index (Phi) is 4.86. The van der Waals surface area contributed by atoms with Gasteiger partial charge in [-0.05, 0) is 40.2 Å². The van der Waals surface area contributed by atoms with Gasteiger partial charge in [0.15, 0.2) is 0 Å². The average molecular weight is 376 g/mol. The minimum absolute atomic E-state index is 0.0110. The number of anilines is 1. The van der Waals surface area contributed by atoms with Gasteiger partial charge in [-0.25, -0.2) is 0 Å². The molecule has 7 heteroatoms. The van der Waals surface area contributed by atoms with Gasteiger partial charge >= 0.3 is 0 Å². The molecule has 0 amide bonds. The molecule has 0 radical (unpaired) electrons. The van der Waals surface area contributed by atoms with Crippen molar-refractivity contribution in [3.05, 3.63) is 66.6 Å². The molecule has 2 rings (SSSR count). The number of hydrogen-bond acceptors (Lipinski definition) is 3. The minimum atomic E-state index is -0.449. The molecular formula is C13H9BrCl2N2O2. The molecule has 0 saturated heterocycles. The summed E-state index contributed by atoms with van der Waals surface area (Å²) in [6.45, 7) is 0.298. The van der Waals surface area contributed by atoms with E-state index in [1.54, 1.807) is 24.3 Å². The number of rotatable bonds is 4. The van der Waals surface area contributed by atoms with E-state index >= 15 is 0 Å². The van der Waals surface area contributed by atoms with Crippen LogP contribution in [0.3, 0.4) is 0 Å². The third-order valence-electron chi connectivity index (χ3n) is 2.66. The zero-order valence-corrected chi connectivity index (χ0v) is 13.2. The third kappa shape index (κ3) is 3.42. The Labute approximate surface area is 134 Å². The Morgan fingerprint density at radius 2 is 2.00 bits per heavy atom. The summed E-state index contributed by atoms with van der Waals surface area (Å²) in [5, 5.41) is 15.0. The molecule has 0 aromatic heterocycles. The standard InChI is InChI=1S/C13H9BrCl2N2O2/c14-13-10(16)2-1-3-11(13)17-7-8-4-5-9(15)6-12(8)18(19)20/h1-6,17H,7H2. The van der Waals surface area contributed by atoms with Gasteiger partial charge in [0.05, 0.1) is 20.1 Å². The molecule has 0 atom stereocenters. The molecule has 0 aliphatic heterocycles. The maximum Gasteiger partial charge on any atom is 0.275 e. The molecule has 4 nitrogen and oxygen atoms in total. The van der Waals surface area contributed by atoms with E-state index in [9.17, 15) is 10.1 Å². The Hall–Kier alpha value is -1.30. The van der Waals surface area contributed by atoms with Crippen molar-refractivity contribution in [1.29, 1.82) is 0 Å². The van der Waals surface area contributed by atoms with E-state index in [1.165, 1.54) is 6.07 Å². The second kappa shape index (κ2) is 6.43. The van der Waals surface area contributed by atoms with Crippen molar-refractivity contribution in [2.75, 3.05) is 5.32 Å². The molecule has 1 N–H and O–H groups in total. The normalized spacial score (nSPS) is 10.3. The molecule has 0 aliphatic rings. The fourth-order valence-electron chi connectivity index (χ4n) is 1.69. The zero-order chi connectivity index (χ0) is 14.7. The van der Waals surface area contributed by atoms with Gasteiger partial charge < -0.3 is 5.32 Å². The molecule has 2 aromatic carbocycles. The molecule has 0 heterocycles. The van der Waals surface area contributed by atoms with E-state index in [-0.39, 0.29) is 5.69 Å². The largest absolute Gasteiger partial charge is 0.380 e.